The number of hydrogen-bond acceptors (Lipinski definition) is 2. The first-order valence-electron chi connectivity index (χ1n) is 6.76. The average molecular weight is 269 g/mol. The van der Waals surface area contributed by atoms with E-state index in [9.17, 15) is 4.39 Å². The lowest BCUT2D eigenvalue weighted by Gasteiger charge is -2.34. The Kier molecular flexibility index (Phi) is 2.86. The summed E-state index contributed by atoms with van der Waals surface area (Å²) in [5, 5.41) is 16.0. The summed E-state index contributed by atoms with van der Waals surface area (Å²) < 4.78 is 14.2. The standard InChI is InChI=1S/C16H16FN3/c1-16(2)6-5-11(13-9-19-20-15(13)16)12-4-3-10(8-18)7-14(12)17/h3-4,7,9,11H,5-6H2,1-2H3,(H,19,20). The van der Waals surface area contributed by atoms with Crippen molar-refractivity contribution in [2.24, 2.45) is 0 Å². The summed E-state index contributed by atoms with van der Waals surface area (Å²) >= 11 is 0. The van der Waals surface area contributed by atoms with Gasteiger partial charge in [-0.3, -0.25) is 5.10 Å². The van der Waals surface area contributed by atoms with Gasteiger partial charge in [-0.05, 0) is 30.5 Å². The zero-order chi connectivity index (χ0) is 14.3. The molecule has 2 aromatic rings. The van der Waals surface area contributed by atoms with Crippen LogP contribution in [0.25, 0.3) is 0 Å². The number of rotatable bonds is 1. The molecule has 4 heteroatoms. The molecular formula is C16H16FN3. The molecule has 0 fully saturated rings. The van der Waals surface area contributed by atoms with Gasteiger partial charge in [-0.15, -0.1) is 0 Å². The van der Waals surface area contributed by atoms with Gasteiger partial charge in [0.15, 0.2) is 0 Å². The molecule has 0 saturated heterocycles. The van der Waals surface area contributed by atoms with Crippen molar-refractivity contribution in [3.8, 4) is 6.07 Å². The highest BCUT2D eigenvalue weighted by Gasteiger charge is 2.35. The summed E-state index contributed by atoms with van der Waals surface area (Å²) in [7, 11) is 0. The fourth-order valence-electron chi connectivity index (χ4n) is 3.09. The number of nitrogens with zero attached hydrogens (tertiary/aromatic N) is 2. The van der Waals surface area contributed by atoms with Gasteiger partial charge in [0.1, 0.15) is 5.82 Å². The van der Waals surface area contributed by atoms with Gasteiger partial charge in [-0.2, -0.15) is 10.4 Å². The van der Waals surface area contributed by atoms with Crippen molar-refractivity contribution in [1.29, 1.82) is 5.26 Å². The summed E-state index contributed by atoms with van der Waals surface area (Å²) in [5.74, 6) is -0.287. The first kappa shape index (κ1) is 12.9. The van der Waals surface area contributed by atoms with E-state index in [1.165, 1.54) is 6.07 Å². The molecule has 102 valence electrons. The maximum atomic E-state index is 14.2. The number of H-pyrrole nitrogens is 1. The van der Waals surface area contributed by atoms with Crippen molar-refractivity contribution in [3.63, 3.8) is 0 Å². The molecule has 0 amide bonds. The number of hydrogen-bond donors (Lipinski definition) is 1. The molecule has 1 aliphatic carbocycles. The third kappa shape index (κ3) is 1.90. The van der Waals surface area contributed by atoms with Gasteiger partial charge in [-0.25, -0.2) is 4.39 Å². The summed E-state index contributed by atoms with van der Waals surface area (Å²) in [5.41, 5.74) is 3.23. The molecule has 1 aromatic heterocycles. The van der Waals surface area contributed by atoms with Crippen LogP contribution < -0.4 is 0 Å². The molecule has 1 heterocycles. The number of benzene rings is 1. The Hall–Kier alpha value is -2.15. The van der Waals surface area contributed by atoms with E-state index in [0.717, 1.165) is 24.1 Å². The summed E-state index contributed by atoms with van der Waals surface area (Å²) in [6.45, 7) is 4.35. The third-order valence-electron chi connectivity index (χ3n) is 4.28. The molecule has 20 heavy (non-hydrogen) atoms. The Morgan fingerprint density at radius 2 is 2.20 bits per heavy atom. The minimum Gasteiger partial charge on any atom is -0.282 e. The molecular weight excluding hydrogens is 253 g/mol. The minimum atomic E-state index is -0.305. The molecule has 1 aromatic carbocycles. The molecule has 3 rings (SSSR count). The SMILES string of the molecule is CC1(C)CCC(c2ccc(C#N)cc2F)c2cn[nH]c21. The van der Waals surface area contributed by atoms with Crippen LogP contribution in [0.15, 0.2) is 24.4 Å². The number of aromatic amines is 1. The Morgan fingerprint density at radius 3 is 2.90 bits per heavy atom. The minimum absolute atomic E-state index is 0.0181. The van der Waals surface area contributed by atoms with Crippen LogP contribution in [0.1, 0.15) is 55.0 Å². The Balaban J connectivity index is 2.07. The number of nitriles is 1. The number of halogens is 1. The third-order valence-corrected chi connectivity index (χ3v) is 4.28. The first-order valence-corrected chi connectivity index (χ1v) is 6.76. The quantitative estimate of drug-likeness (QED) is 0.859. The molecule has 0 bridgehead atoms. The van der Waals surface area contributed by atoms with Crippen LogP contribution in [-0.4, -0.2) is 10.2 Å². The van der Waals surface area contributed by atoms with Gasteiger partial charge >= 0.3 is 0 Å². The Labute approximate surface area is 117 Å². The number of nitrogens with one attached hydrogen (secondary N) is 1. The Bertz CT molecular complexity index is 694. The smallest absolute Gasteiger partial charge is 0.128 e. The van der Waals surface area contributed by atoms with E-state index in [4.69, 9.17) is 5.26 Å². The second-order valence-electron chi connectivity index (χ2n) is 6.02. The fourth-order valence-corrected chi connectivity index (χ4v) is 3.09. The van der Waals surface area contributed by atoms with Crippen molar-refractivity contribution in [2.45, 2.75) is 38.0 Å². The van der Waals surface area contributed by atoms with Gasteiger partial charge < -0.3 is 0 Å². The molecule has 1 N–H and O–H groups in total. The maximum Gasteiger partial charge on any atom is 0.128 e. The fraction of sp³-hybridized carbons (Fsp3) is 0.375. The predicted octanol–water partition coefficient (Wildman–Crippen LogP) is 3.62. The molecule has 0 saturated carbocycles. The highest BCUT2D eigenvalue weighted by Crippen LogP contribution is 2.44. The van der Waals surface area contributed by atoms with Crippen LogP contribution in [0.2, 0.25) is 0 Å². The molecule has 0 radical (unpaired) electrons. The number of fused-ring (bicyclic) bond motifs is 1. The first-order chi connectivity index (χ1) is 9.53. The van der Waals surface area contributed by atoms with Gasteiger partial charge in [0.05, 0.1) is 17.8 Å². The zero-order valence-corrected chi connectivity index (χ0v) is 11.6. The Morgan fingerprint density at radius 1 is 1.40 bits per heavy atom. The molecule has 1 unspecified atom stereocenters. The lowest BCUT2D eigenvalue weighted by molar-refractivity contribution is 0.397. The number of aromatic nitrogens is 2. The summed E-state index contributed by atoms with van der Waals surface area (Å²) in [4.78, 5) is 0. The van der Waals surface area contributed by atoms with Crippen molar-refractivity contribution in [1.82, 2.24) is 10.2 Å². The second kappa shape index (κ2) is 4.45. The predicted molar refractivity (Wildman–Crippen MR) is 73.8 cm³/mol. The molecule has 3 nitrogen and oxygen atoms in total. The van der Waals surface area contributed by atoms with E-state index < -0.39 is 0 Å². The zero-order valence-electron chi connectivity index (χ0n) is 11.6. The summed E-state index contributed by atoms with van der Waals surface area (Å²) in [6.07, 6.45) is 3.67. The molecule has 1 aliphatic rings. The lowest BCUT2D eigenvalue weighted by atomic mass is 9.70. The van der Waals surface area contributed by atoms with Crippen molar-refractivity contribution >= 4 is 0 Å². The topological polar surface area (TPSA) is 52.5 Å². The molecule has 0 spiro atoms. The van der Waals surface area contributed by atoms with Gasteiger partial charge in [0.2, 0.25) is 0 Å². The molecule has 1 atom stereocenters. The van der Waals surface area contributed by atoms with Crippen LogP contribution in [-0.2, 0) is 5.41 Å². The van der Waals surface area contributed by atoms with E-state index in [1.807, 2.05) is 6.07 Å². The van der Waals surface area contributed by atoms with Crippen molar-refractivity contribution < 1.29 is 4.39 Å². The van der Waals surface area contributed by atoms with E-state index >= 15 is 0 Å². The van der Waals surface area contributed by atoms with Crippen LogP contribution in [0.5, 0.6) is 0 Å². The summed E-state index contributed by atoms with van der Waals surface area (Å²) in [6, 6.07) is 6.69. The van der Waals surface area contributed by atoms with Gasteiger partial charge in [0, 0.05) is 22.6 Å². The normalized spacial score (nSPS) is 20.2. The lowest BCUT2D eigenvalue weighted by Crippen LogP contribution is -2.26. The van der Waals surface area contributed by atoms with Gasteiger partial charge in [-0.1, -0.05) is 19.9 Å². The van der Waals surface area contributed by atoms with Crippen LogP contribution >= 0.6 is 0 Å². The van der Waals surface area contributed by atoms with Crippen LogP contribution in [0.4, 0.5) is 4.39 Å². The maximum absolute atomic E-state index is 14.2. The van der Waals surface area contributed by atoms with Crippen molar-refractivity contribution in [3.05, 3.63) is 52.6 Å². The van der Waals surface area contributed by atoms with Crippen LogP contribution in [0.3, 0.4) is 0 Å². The molecule has 0 aliphatic heterocycles. The van der Waals surface area contributed by atoms with E-state index in [1.54, 1.807) is 18.3 Å². The highest BCUT2D eigenvalue weighted by atomic mass is 19.1. The van der Waals surface area contributed by atoms with Gasteiger partial charge in [0.25, 0.3) is 0 Å². The highest BCUT2D eigenvalue weighted by molar-refractivity contribution is 5.42. The van der Waals surface area contributed by atoms with E-state index in [2.05, 4.69) is 24.0 Å². The van der Waals surface area contributed by atoms with Crippen molar-refractivity contribution in [2.75, 3.05) is 0 Å². The largest absolute Gasteiger partial charge is 0.282 e. The average Bonchev–Trinajstić information content (AvgIpc) is 2.90. The van der Waals surface area contributed by atoms with Crippen LogP contribution in [0, 0.1) is 17.1 Å². The second-order valence-corrected chi connectivity index (χ2v) is 6.02. The van der Waals surface area contributed by atoms with E-state index in [0.29, 0.717) is 11.1 Å². The monoisotopic (exact) mass is 269 g/mol. The van der Waals surface area contributed by atoms with E-state index in [-0.39, 0.29) is 17.2 Å².